The zero-order chi connectivity index (χ0) is 10.1. The van der Waals surface area contributed by atoms with Crippen LogP contribution >= 0.6 is 0 Å². The molecular formula is C13H17NO. The molecule has 15 heavy (non-hydrogen) atoms. The molecule has 1 aromatic rings. The normalized spacial score (nSPS) is 31.5. The molecule has 1 aliphatic heterocycles. The molecular weight excluding hydrogens is 186 g/mol. The van der Waals surface area contributed by atoms with Crippen molar-refractivity contribution in [1.82, 2.24) is 5.32 Å². The molecule has 0 spiro atoms. The van der Waals surface area contributed by atoms with E-state index in [9.17, 15) is 0 Å². The second kappa shape index (κ2) is 3.95. The third-order valence-corrected chi connectivity index (χ3v) is 3.39. The average Bonchev–Trinajstić information content (AvgIpc) is 3.15. The fourth-order valence-electron chi connectivity index (χ4n) is 2.27. The first-order chi connectivity index (χ1) is 7.43. The summed E-state index contributed by atoms with van der Waals surface area (Å²) in [4.78, 5) is 0. The van der Waals surface area contributed by atoms with E-state index in [2.05, 4.69) is 35.6 Å². The van der Waals surface area contributed by atoms with Gasteiger partial charge in [-0.3, -0.25) is 0 Å². The fraction of sp³-hybridized carbons (Fsp3) is 0.538. The van der Waals surface area contributed by atoms with Crippen LogP contribution in [0, 0.1) is 5.92 Å². The highest BCUT2D eigenvalue weighted by Crippen LogP contribution is 2.36. The van der Waals surface area contributed by atoms with Crippen LogP contribution in [0.4, 0.5) is 0 Å². The van der Waals surface area contributed by atoms with E-state index < -0.39 is 0 Å². The molecule has 2 nitrogen and oxygen atoms in total. The molecule has 2 fully saturated rings. The Morgan fingerprint density at radius 1 is 1.13 bits per heavy atom. The summed E-state index contributed by atoms with van der Waals surface area (Å²) in [6.45, 7) is 1.84. The van der Waals surface area contributed by atoms with Crippen molar-refractivity contribution in [3.8, 4) is 0 Å². The molecule has 1 aliphatic carbocycles. The Morgan fingerprint density at radius 3 is 2.53 bits per heavy atom. The molecule has 0 bridgehead atoms. The highest BCUT2D eigenvalue weighted by atomic mass is 16.5. The molecule has 1 saturated heterocycles. The Hall–Kier alpha value is -0.860. The molecule has 2 unspecified atom stereocenters. The maximum absolute atomic E-state index is 5.91. The van der Waals surface area contributed by atoms with Crippen LogP contribution < -0.4 is 5.32 Å². The molecule has 1 heterocycles. The van der Waals surface area contributed by atoms with Gasteiger partial charge >= 0.3 is 0 Å². The first-order valence-electron chi connectivity index (χ1n) is 5.83. The first kappa shape index (κ1) is 9.37. The topological polar surface area (TPSA) is 21.3 Å². The number of hydrogen-bond acceptors (Lipinski definition) is 2. The number of morpholine rings is 1. The van der Waals surface area contributed by atoms with Gasteiger partial charge in [0.2, 0.25) is 0 Å². The lowest BCUT2D eigenvalue weighted by molar-refractivity contribution is -0.00857. The van der Waals surface area contributed by atoms with Crippen LogP contribution in [0.1, 0.15) is 24.4 Å². The number of nitrogens with one attached hydrogen (secondary N) is 1. The molecule has 0 radical (unpaired) electrons. The van der Waals surface area contributed by atoms with E-state index in [0.29, 0.717) is 12.1 Å². The second-order valence-electron chi connectivity index (χ2n) is 4.58. The van der Waals surface area contributed by atoms with Crippen LogP contribution in [0.15, 0.2) is 30.3 Å². The second-order valence-corrected chi connectivity index (χ2v) is 4.58. The van der Waals surface area contributed by atoms with Crippen molar-refractivity contribution in [3.05, 3.63) is 35.9 Å². The van der Waals surface area contributed by atoms with Crippen LogP contribution in [-0.2, 0) is 4.74 Å². The summed E-state index contributed by atoms with van der Waals surface area (Å²) in [5.74, 6) is 0.842. The van der Waals surface area contributed by atoms with Gasteiger partial charge in [-0.1, -0.05) is 30.3 Å². The molecule has 2 aliphatic rings. The van der Waals surface area contributed by atoms with E-state index in [1.165, 1.54) is 18.4 Å². The van der Waals surface area contributed by atoms with Crippen molar-refractivity contribution in [1.29, 1.82) is 0 Å². The van der Waals surface area contributed by atoms with E-state index in [1.54, 1.807) is 0 Å². The van der Waals surface area contributed by atoms with Crippen molar-refractivity contribution < 1.29 is 4.74 Å². The average molecular weight is 203 g/mol. The number of benzene rings is 1. The maximum Gasteiger partial charge on any atom is 0.0728 e. The summed E-state index contributed by atoms with van der Waals surface area (Å²) < 4.78 is 5.91. The van der Waals surface area contributed by atoms with Gasteiger partial charge in [-0.15, -0.1) is 0 Å². The predicted octanol–water partition coefficient (Wildman–Crippen LogP) is 2.13. The first-order valence-corrected chi connectivity index (χ1v) is 5.83. The van der Waals surface area contributed by atoms with Crippen molar-refractivity contribution >= 4 is 0 Å². The van der Waals surface area contributed by atoms with E-state index >= 15 is 0 Å². The Morgan fingerprint density at radius 2 is 1.93 bits per heavy atom. The van der Waals surface area contributed by atoms with Crippen LogP contribution in [0.2, 0.25) is 0 Å². The van der Waals surface area contributed by atoms with Crippen molar-refractivity contribution in [3.63, 3.8) is 0 Å². The highest BCUT2D eigenvalue weighted by Gasteiger charge is 2.35. The zero-order valence-electron chi connectivity index (χ0n) is 8.86. The zero-order valence-corrected chi connectivity index (χ0v) is 8.86. The van der Waals surface area contributed by atoms with Gasteiger partial charge in [-0.2, -0.15) is 0 Å². The van der Waals surface area contributed by atoms with E-state index in [0.717, 1.165) is 19.1 Å². The summed E-state index contributed by atoms with van der Waals surface area (Å²) in [7, 11) is 0. The number of rotatable bonds is 2. The fourth-order valence-corrected chi connectivity index (χ4v) is 2.27. The van der Waals surface area contributed by atoms with Gasteiger partial charge in [-0.05, 0) is 24.3 Å². The number of ether oxygens (including phenoxy) is 1. The molecule has 0 amide bonds. The minimum absolute atomic E-state index is 0.390. The van der Waals surface area contributed by atoms with E-state index in [1.807, 2.05) is 0 Å². The Labute approximate surface area is 90.6 Å². The quantitative estimate of drug-likeness (QED) is 0.795. The predicted molar refractivity (Wildman–Crippen MR) is 59.6 cm³/mol. The molecule has 3 rings (SSSR count). The molecule has 1 N–H and O–H groups in total. The Balaban J connectivity index is 1.61. The summed E-state index contributed by atoms with van der Waals surface area (Å²) >= 11 is 0. The van der Waals surface area contributed by atoms with Gasteiger partial charge in [0.05, 0.1) is 18.8 Å². The third-order valence-electron chi connectivity index (χ3n) is 3.39. The molecule has 80 valence electrons. The van der Waals surface area contributed by atoms with Crippen LogP contribution in [0.25, 0.3) is 0 Å². The smallest absolute Gasteiger partial charge is 0.0728 e. The van der Waals surface area contributed by atoms with Crippen LogP contribution in [0.3, 0.4) is 0 Å². The lowest BCUT2D eigenvalue weighted by Crippen LogP contribution is -2.42. The van der Waals surface area contributed by atoms with Crippen molar-refractivity contribution in [2.24, 2.45) is 5.92 Å². The molecule has 2 atom stereocenters. The minimum Gasteiger partial charge on any atom is -0.375 e. The summed E-state index contributed by atoms with van der Waals surface area (Å²) in [5.41, 5.74) is 1.34. The van der Waals surface area contributed by atoms with Crippen LogP contribution in [-0.4, -0.2) is 19.3 Å². The highest BCUT2D eigenvalue weighted by molar-refractivity contribution is 5.19. The van der Waals surface area contributed by atoms with Gasteiger partial charge in [-0.25, -0.2) is 0 Å². The molecule has 0 aromatic heterocycles. The van der Waals surface area contributed by atoms with E-state index in [-0.39, 0.29) is 0 Å². The summed E-state index contributed by atoms with van der Waals surface area (Å²) in [5, 5.41) is 3.58. The summed E-state index contributed by atoms with van der Waals surface area (Å²) in [6.07, 6.45) is 3.20. The largest absolute Gasteiger partial charge is 0.375 e. The van der Waals surface area contributed by atoms with Gasteiger partial charge in [0, 0.05) is 6.54 Å². The van der Waals surface area contributed by atoms with Gasteiger partial charge < -0.3 is 10.1 Å². The lowest BCUT2D eigenvalue weighted by Gasteiger charge is -2.30. The maximum atomic E-state index is 5.91. The number of hydrogen-bond donors (Lipinski definition) is 1. The van der Waals surface area contributed by atoms with Gasteiger partial charge in [0.25, 0.3) is 0 Å². The summed E-state index contributed by atoms with van der Waals surface area (Å²) in [6, 6.07) is 11.0. The van der Waals surface area contributed by atoms with Gasteiger partial charge in [0.15, 0.2) is 0 Å². The Kier molecular flexibility index (Phi) is 2.47. The van der Waals surface area contributed by atoms with Crippen molar-refractivity contribution in [2.45, 2.75) is 25.0 Å². The van der Waals surface area contributed by atoms with Crippen LogP contribution in [0.5, 0.6) is 0 Å². The van der Waals surface area contributed by atoms with Crippen molar-refractivity contribution in [2.75, 3.05) is 13.2 Å². The SMILES string of the molecule is c1ccc(C2COC(C3CC3)CN2)cc1. The molecule has 2 heteroatoms. The minimum atomic E-state index is 0.390. The molecule has 1 aromatic carbocycles. The third kappa shape index (κ3) is 2.06. The lowest BCUT2D eigenvalue weighted by atomic mass is 10.1. The standard InChI is InChI=1S/C13H17NO/c1-2-4-10(5-3-1)12-9-15-13(8-14-12)11-6-7-11/h1-5,11-14H,6-9H2. The molecule has 1 saturated carbocycles. The van der Waals surface area contributed by atoms with Gasteiger partial charge in [0.1, 0.15) is 0 Å². The monoisotopic (exact) mass is 203 g/mol. The Bertz CT molecular complexity index is 313. The van der Waals surface area contributed by atoms with E-state index in [4.69, 9.17) is 4.74 Å².